The van der Waals surface area contributed by atoms with E-state index in [-0.39, 0.29) is 17.3 Å². The number of guanidine groups is 1. The lowest BCUT2D eigenvalue weighted by Crippen LogP contribution is -2.44. The second-order valence-corrected chi connectivity index (χ2v) is 6.87. The first-order valence-electron chi connectivity index (χ1n) is 7.50. The first-order valence-corrected chi connectivity index (χ1v) is 7.88. The fraction of sp³-hybridized carbons (Fsp3) is 0.312. The molecule has 26 heavy (non-hydrogen) atoms. The molecule has 0 fully saturated rings. The number of H-pyrrole nitrogens is 1. The maximum Gasteiger partial charge on any atom is 0.432 e. The number of anilines is 1. The van der Waals surface area contributed by atoms with Crippen molar-refractivity contribution in [2.75, 3.05) is 5.32 Å². The van der Waals surface area contributed by atoms with Gasteiger partial charge in [0.05, 0.1) is 0 Å². The van der Waals surface area contributed by atoms with Crippen LogP contribution in [0, 0.1) is 0 Å². The van der Waals surface area contributed by atoms with Crippen LogP contribution in [0.25, 0.3) is 0 Å². The van der Waals surface area contributed by atoms with Crippen molar-refractivity contribution < 1.29 is 18.0 Å². The van der Waals surface area contributed by atoms with Crippen molar-refractivity contribution >= 4 is 29.3 Å². The molecule has 140 valence electrons. The Balaban J connectivity index is 2.26. The van der Waals surface area contributed by atoms with Crippen LogP contribution in [-0.4, -0.2) is 27.6 Å². The van der Waals surface area contributed by atoms with Crippen molar-refractivity contribution in [2.24, 2.45) is 4.99 Å². The summed E-state index contributed by atoms with van der Waals surface area (Å²) < 4.78 is 38.0. The first kappa shape index (κ1) is 19.8. The first-order chi connectivity index (χ1) is 11.9. The van der Waals surface area contributed by atoms with Crippen LogP contribution < -0.4 is 10.6 Å². The van der Waals surface area contributed by atoms with E-state index in [0.29, 0.717) is 5.02 Å². The molecule has 0 atom stereocenters. The Kier molecular flexibility index (Phi) is 5.60. The highest BCUT2D eigenvalue weighted by molar-refractivity contribution is 6.30. The van der Waals surface area contributed by atoms with Gasteiger partial charge in [-0.1, -0.05) is 11.6 Å². The number of aliphatic imine (C=N–C) groups is 1. The Labute approximate surface area is 152 Å². The number of carbonyl (C=O) groups excluding carboxylic acids is 1. The van der Waals surface area contributed by atoms with E-state index < -0.39 is 23.3 Å². The van der Waals surface area contributed by atoms with E-state index in [2.05, 4.69) is 20.7 Å². The number of rotatable bonds is 2. The molecule has 1 heterocycles. The Morgan fingerprint density at radius 2 is 1.81 bits per heavy atom. The van der Waals surface area contributed by atoms with Crippen molar-refractivity contribution in [1.82, 2.24) is 15.5 Å². The lowest BCUT2D eigenvalue weighted by Gasteiger charge is -2.23. The summed E-state index contributed by atoms with van der Waals surface area (Å²) in [4.78, 5) is 16.2. The molecule has 0 aliphatic heterocycles. The molecule has 6 nitrogen and oxygen atoms in total. The molecular weight excluding hydrogens is 371 g/mol. The monoisotopic (exact) mass is 387 g/mol. The van der Waals surface area contributed by atoms with Gasteiger partial charge in [0.15, 0.2) is 5.82 Å². The normalized spacial score (nSPS) is 12.8. The van der Waals surface area contributed by atoms with Crippen molar-refractivity contribution in [3.8, 4) is 0 Å². The topological polar surface area (TPSA) is 82.2 Å². The molecule has 0 spiro atoms. The average Bonchev–Trinajstić information content (AvgIpc) is 2.94. The summed E-state index contributed by atoms with van der Waals surface area (Å²) in [5, 5.41) is 11.4. The predicted octanol–water partition coefficient (Wildman–Crippen LogP) is 4.08. The van der Waals surface area contributed by atoms with Gasteiger partial charge < -0.3 is 10.6 Å². The summed E-state index contributed by atoms with van der Waals surface area (Å²) in [5.41, 5.74) is -1.24. The molecule has 0 saturated carbocycles. The molecule has 0 aliphatic rings. The van der Waals surface area contributed by atoms with E-state index >= 15 is 0 Å². The predicted molar refractivity (Wildman–Crippen MR) is 93.3 cm³/mol. The third-order valence-corrected chi connectivity index (χ3v) is 3.18. The highest BCUT2D eigenvalue weighted by atomic mass is 35.5. The van der Waals surface area contributed by atoms with E-state index in [4.69, 9.17) is 11.6 Å². The standard InChI is InChI=1S/C16H17ClF3N5O/c1-15(2,3)23-14(21-12-8-11(24-25-12)16(18,19)20)22-13(26)9-4-6-10(17)7-5-9/h4-8H,1-3H3,(H3,21,22,23,24,25,26). The van der Waals surface area contributed by atoms with Gasteiger partial charge in [-0.2, -0.15) is 23.3 Å². The molecule has 2 rings (SSSR count). The summed E-state index contributed by atoms with van der Waals surface area (Å²) >= 11 is 5.78. The minimum atomic E-state index is -4.55. The molecule has 1 amide bonds. The van der Waals surface area contributed by atoms with Crippen molar-refractivity contribution in [2.45, 2.75) is 32.5 Å². The molecule has 1 aromatic carbocycles. The molecule has 0 radical (unpaired) electrons. The number of halogens is 4. The zero-order valence-corrected chi connectivity index (χ0v) is 15.0. The van der Waals surface area contributed by atoms with Gasteiger partial charge in [-0.25, -0.2) is 0 Å². The van der Waals surface area contributed by atoms with Crippen LogP contribution in [0.4, 0.5) is 19.0 Å². The average molecular weight is 388 g/mol. The van der Waals surface area contributed by atoms with E-state index in [9.17, 15) is 18.0 Å². The van der Waals surface area contributed by atoms with Crippen LogP contribution in [0.1, 0.15) is 36.8 Å². The van der Waals surface area contributed by atoms with Crippen molar-refractivity contribution in [3.05, 3.63) is 46.6 Å². The quantitative estimate of drug-likeness (QED) is 0.535. The second-order valence-electron chi connectivity index (χ2n) is 6.44. The van der Waals surface area contributed by atoms with Gasteiger partial charge in [-0.15, -0.1) is 0 Å². The number of hydrogen-bond acceptors (Lipinski definition) is 2. The molecule has 3 N–H and O–H groups in total. The summed E-state index contributed by atoms with van der Waals surface area (Å²) in [7, 11) is 0. The SMILES string of the molecule is CC(C)(C)N/C(=N/C(=O)c1ccc(Cl)cc1)Nc1cc(C(F)(F)F)[nH]n1. The third kappa shape index (κ3) is 5.76. The number of alkyl halides is 3. The minimum absolute atomic E-state index is 0.0299. The number of aromatic nitrogens is 2. The second kappa shape index (κ2) is 7.36. The van der Waals surface area contributed by atoms with Gasteiger partial charge in [0.1, 0.15) is 5.69 Å². The Bertz CT molecular complexity index is 807. The molecule has 0 unspecified atom stereocenters. The van der Waals surface area contributed by atoms with Crippen LogP contribution in [0.5, 0.6) is 0 Å². The number of hydrogen-bond donors (Lipinski definition) is 3. The zero-order valence-electron chi connectivity index (χ0n) is 14.2. The van der Waals surface area contributed by atoms with E-state index in [1.165, 1.54) is 24.3 Å². The summed E-state index contributed by atoms with van der Waals surface area (Å²) in [6, 6.07) is 6.86. The summed E-state index contributed by atoms with van der Waals surface area (Å²) in [6.07, 6.45) is -4.55. The molecule has 1 aromatic heterocycles. The largest absolute Gasteiger partial charge is 0.432 e. The van der Waals surface area contributed by atoms with Gasteiger partial charge in [0, 0.05) is 22.2 Å². The van der Waals surface area contributed by atoms with Crippen LogP contribution in [0.15, 0.2) is 35.3 Å². The lowest BCUT2D eigenvalue weighted by atomic mass is 10.1. The van der Waals surface area contributed by atoms with Crippen LogP contribution in [0.2, 0.25) is 5.02 Å². The maximum atomic E-state index is 12.7. The van der Waals surface area contributed by atoms with E-state index in [1.807, 2.05) is 25.9 Å². The van der Waals surface area contributed by atoms with Gasteiger partial charge in [0.2, 0.25) is 5.96 Å². The number of amides is 1. The Morgan fingerprint density at radius 1 is 1.19 bits per heavy atom. The fourth-order valence-electron chi connectivity index (χ4n) is 1.85. The van der Waals surface area contributed by atoms with Crippen molar-refractivity contribution in [1.29, 1.82) is 0 Å². The molecule has 0 saturated heterocycles. The highest BCUT2D eigenvalue weighted by Gasteiger charge is 2.33. The van der Waals surface area contributed by atoms with Gasteiger partial charge in [-0.3, -0.25) is 9.89 Å². The van der Waals surface area contributed by atoms with Crippen molar-refractivity contribution in [3.63, 3.8) is 0 Å². The lowest BCUT2D eigenvalue weighted by molar-refractivity contribution is -0.141. The van der Waals surface area contributed by atoms with Gasteiger partial charge in [-0.05, 0) is 45.0 Å². The molecule has 10 heteroatoms. The molecule has 0 bridgehead atoms. The smallest absolute Gasteiger partial charge is 0.351 e. The molecule has 0 aliphatic carbocycles. The Morgan fingerprint density at radius 3 is 2.31 bits per heavy atom. The number of aromatic amines is 1. The van der Waals surface area contributed by atoms with Crippen LogP contribution in [-0.2, 0) is 6.18 Å². The maximum absolute atomic E-state index is 12.7. The number of carbonyl (C=O) groups is 1. The number of nitrogens with one attached hydrogen (secondary N) is 3. The molecular formula is C16H17ClF3N5O. The van der Waals surface area contributed by atoms with E-state index in [1.54, 1.807) is 0 Å². The summed E-state index contributed by atoms with van der Waals surface area (Å²) in [6.45, 7) is 5.42. The minimum Gasteiger partial charge on any atom is -0.351 e. The highest BCUT2D eigenvalue weighted by Crippen LogP contribution is 2.28. The zero-order chi connectivity index (χ0) is 19.5. The molecule has 2 aromatic rings. The van der Waals surface area contributed by atoms with Gasteiger partial charge >= 0.3 is 6.18 Å². The van der Waals surface area contributed by atoms with Crippen LogP contribution >= 0.6 is 11.6 Å². The van der Waals surface area contributed by atoms with E-state index in [0.717, 1.165) is 6.07 Å². The number of nitrogens with zero attached hydrogens (tertiary/aromatic N) is 2. The third-order valence-electron chi connectivity index (χ3n) is 2.93. The fourth-order valence-corrected chi connectivity index (χ4v) is 1.98. The summed E-state index contributed by atoms with van der Waals surface area (Å²) in [5.74, 6) is -0.748. The Hall–Kier alpha value is -2.55. The van der Waals surface area contributed by atoms with Gasteiger partial charge in [0.25, 0.3) is 5.91 Å². The number of benzene rings is 1. The van der Waals surface area contributed by atoms with Crippen LogP contribution in [0.3, 0.4) is 0 Å².